The van der Waals surface area contributed by atoms with Gasteiger partial charge < -0.3 is 10.5 Å². The Morgan fingerprint density at radius 1 is 1.64 bits per heavy atom. The third kappa shape index (κ3) is 10.2. The van der Waals surface area contributed by atoms with Gasteiger partial charge in [0.2, 0.25) is 0 Å². The van der Waals surface area contributed by atoms with Gasteiger partial charge in [-0.25, -0.2) is 0 Å². The summed E-state index contributed by atoms with van der Waals surface area (Å²) in [4.78, 5) is 10.5. The van der Waals surface area contributed by atoms with Crippen molar-refractivity contribution in [2.24, 2.45) is 5.73 Å². The van der Waals surface area contributed by atoms with Crippen LogP contribution in [0.15, 0.2) is 0 Å². The van der Waals surface area contributed by atoms with Crippen molar-refractivity contribution in [2.75, 3.05) is 7.11 Å². The highest BCUT2D eigenvalue weighted by Crippen LogP contribution is 1.98. The Morgan fingerprint density at radius 2 is 2.18 bits per heavy atom. The minimum absolute atomic E-state index is 0. The largest absolute Gasteiger partial charge is 0.469 e. The molecule has 2 N–H and O–H groups in total. The fourth-order valence-corrected chi connectivity index (χ4v) is 0.670. The summed E-state index contributed by atoms with van der Waals surface area (Å²) in [5, 5.41) is 0. The van der Waals surface area contributed by atoms with Crippen LogP contribution in [0.3, 0.4) is 0 Å². The van der Waals surface area contributed by atoms with E-state index in [9.17, 15) is 4.79 Å². The van der Waals surface area contributed by atoms with Crippen LogP contribution in [0.2, 0.25) is 0 Å². The Hall–Kier alpha value is 0.160. The van der Waals surface area contributed by atoms with Crippen LogP contribution in [0.25, 0.3) is 0 Å². The lowest BCUT2D eigenvalue weighted by Crippen LogP contribution is -2.14. The second-order valence-corrected chi connectivity index (χ2v) is 2.45. The molecule has 0 aliphatic carbocycles. The number of ether oxygens (including phenoxy) is 1. The third-order valence-corrected chi connectivity index (χ3v) is 1.27. The van der Waals surface area contributed by atoms with E-state index in [0.717, 1.165) is 12.8 Å². The fourth-order valence-electron chi connectivity index (χ4n) is 0.670. The van der Waals surface area contributed by atoms with Gasteiger partial charge in [0.1, 0.15) is 0 Å². The maximum Gasteiger partial charge on any atom is 0.305 e. The predicted molar refractivity (Wildman–Crippen MR) is 54.9 cm³/mol. The van der Waals surface area contributed by atoms with Crippen LogP contribution in [-0.4, -0.2) is 19.1 Å². The Morgan fingerprint density at radius 3 is 2.55 bits per heavy atom. The van der Waals surface area contributed by atoms with Crippen molar-refractivity contribution in [3.63, 3.8) is 0 Å². The lowest BCUT2D eigenvalue weighted by Gasteiger charge is -2.02. The molecule has 68 valence electrons. The molecule has 1 atom stereocenters. The number of hydrogen-bond acceptors (Lipinski definition) is 3. The number of hydrogen-bond donors (Lipinski definition) is 1. The van der Waals surface area contributed by atoms with E-state index in [1.165, 1.54) is 7.11 Å². The highest BCUT2D eigenvalue weighted by Gasteiger charge is 2.00. The summed E-state index contributed by atoms with van der Waals surface area (Å²) in [5.41, 5.74) is 5.47. The number of carbonyl (C=O) groups excluding carboxylic acids is 1. The van der Waals surface area contributed by atoms with Gasteiger partial charge in [0, 0.05) is 12.5 Å². The maximum absolute atomic E-state index is 10.5. The molecule has 0 amide bonds. The number of esters is 1. The van der Waals surface area contributed by atoms with Crippen molar-refractivity contribution in [3.8, 4) is 0 Å². The molecule has 0 aromatic carbocycles. The highest BCUT2D eigenvalue weighted by molar-refractivity contribution is 14.0. The van der Waals surface area contributed by atoms with Gasteiger partial charge in [-0.1, -0.05) is 0 Å². The van der Waals surface area contributed by atoms with Crippen molar-refractivity contribution in [3.05, 3.63) is 0 Å². The van der Waals surface area contributed by atoms with E-state index >= 15 is 0 Å². The molecule has 4 heteroatoms. The van der Waals surface area contributed by atoms with E-state index in [-0.39, 0.29) is 36.0 Å². The average Bonchev–Trinajstić information content (AvgIpc) is 1.87. The zero-order valence-electron chi connectivity index (χ0n) is 7.00. The SMILES string of the molecule is COC(=O)CCCC(C)N.I. The second kappa shape index (κ2) is 8.26. The average molecular weight is 273 g/mol. The quantitative estimate of drug-likeness (QED) is 0.620. The summed E-state index contributed by atoms with van der Waals surface area (Å²) in [6.45, 7) is 1.93. The van der Waals surface area contributed by atoms with Crippen LogP contribution in [0.1, 0.15) is 26.2 Å². The smallest absolute Gasteiger partial charge is 0.305 e. The van der Waals surface area contributed by atoms with E-state index in [2.05, 4.69) is 4.74 Å². The van der Waals surface area contributed by atoms with Crippen molar-refractivity contribution in [2.45, 2.75) is 32.2 Å². The molecule has 0 aromatic heterocycles. The molecule has 0 saturated heterocycles. The van der Waals surface area contributed by atoms with Crippen molar-refractivity contribution in [1.29, 1.82) is 0 Å². The molecule has 0 saturated carbocycles. The van der Waals surface area contributed by atoms with E-state index in [0.29, 0.717) is 6.42 Å². The summed E-state index contributed by atoms with van der Waals surface area (Å²) in [6.07, 6.45) is 2.19. The van der Waals surface area contributed by atoms with Gasteiger partial charge in [-0.3, -0.25) is 4.79 Å². The molecule has 1 unspecified atom stereocenters. The summed E-state index contributed by atoms with van der Waals surface area (Å²) in [5.74, 6) is -0.152. The normalized spacial score (nSPS) is 11.5. The van der Waals surface area contributed by atoms with Crippen LogP contribution in [0.5, 0.6) is 0 Å². The van der Waals surface area contributed by atoms with E-state index < -0.39 is 0 Å². The van der Waals surface area contributed by atoms with Gasteiger partial charge in [-0.05, 0) is 19.8 Å². The summed E-state index contributed by atoms with van der Waals surface area (Å²) >= 11 is 0. The van der Waals surface area contributed by atoms with Crippen LogP contribution in [0, 0.1) is 0 Å². The van der Waals surface area contributed by atoms with Crippen LogP contribution in [0.4, 0.5) is 0 Å². The zero-order valence-corrected chi connectivity index (χ0v) is 9.33. The van der Waals surface area contributed by atoms with Gasteiger partial charge in [0.05, 0.1) is 7.11 Å². The minimum Gasteiger partial charge on any atom is -0.469 e. The molecule has 0 aliphatic rings. The fraction of sp³-hybridized carbons (Fsp3) is 0.857. The first-order valence-corrected chi connectivity index (χ1v) is 3.49. The molecular formula is C7H16INO2. The molecule has 0 aliphatic heterocycles. The molecule has 0 aromatic rings. The number of methoxy groups -OCH3 is 1. The van der Waals surface area contributed by atoms with Gasteiger partial charge >= 0.3 is 5.97 Å². The molecule has 11 heavy (non-hydrogen) atoms. The van der Waals surface area contributed by atoms with Crippen molar-refractivity contribution in [1.82, 2.24) is 0 Å². The minimum atomic E-state index is -0.152. The van der Waals surface area contributed by atoms with Crippen LogP contribution >= 0.6 is 24.0 Å². The van der Waals surface area contributed by atoms with Crippen LogP contribution < -0.4 is 5.73 Å². The molecule has 0 rings (SSSR count). The first-order valence-electron chi connectivity index (χ1n) is 3.49. The molecule has 0 spiro atoms. The molecule has 0 fully saturated rings. The monoisotopic (exact) mass is 273 g/mol. The number of nitrogens with two attached hydrogens (primary N) is 1. The molecule has 0 heterocycles. The second-order valence-electron chi connectivity index (χ2n) is 2.45. The van der Waals surface area contributed by atoms with Crippen molar-refractivity contribution < 1.29 is 9.53 Å². The first kappa shape index (κ1) is 13.7. The van der Waals surface area contributed by atoms with Crippen LogP contribution in [-0.2, 0) is 9.53 Å². The molecular weight excluding hydrogens is 257 g/mol. The Kier molecular flexibility index (Phi) is 10.3. The van der Waals surface area contributed by atoms with Crippen molar-refractivity contribution >= 4 is 29.9 Å². The summed E-state index contributed by atoms with van der Waals surface area (Å²) in [6, 6.07) is 0.185. The van der Waals surface area contributed by atoms with E-state index in [1.807, 2.05) is 6.92 Å². The first-order chi connectivity index (χ1) is 4.66. The molecule has 3 nitrogen and oxygen atoms in total. The summed E-state index contributed by atoms with van der Waals surface area (Å²) < 4.78 is 4.45. The maximum atomic E-state index is 10.5. The predicted octanol–water partition coefficient (Wildman–Crippen LogP) is 1.29. The van der Waals surface area contributed by atoms with E-state index in [4.69, 9.17) is 5.73 Å². The Labute approximate surface area is 84.7 Å². The lowest BCUT2D eigenvalue weighted by atomic mass is 10.1. The molecule has 0 bridgehead atoms. The number of rotatable bonds is 4. The summed E-state index contributed by atoms with van der Waals surface area (Å²) in [7, 11) is 1.40. The van der Waals surface area contributed by atoms with Gasteiger partial charge in [0.15, 0.2) is 0 Å². The topological polar surface area (TPSA) is 52.3 Å². The zero-order chi connectivity index (χ0) is 7.98. The Bertz CT molecular complexity index is 107. The number of halogens is 1. The highest BCUT2D eigenvalue weighted by atomic mass is 127. The van der Waals surface area contributed by atoms with E-state index in [1.54, 1.807) is 0 Å². The Balaban J connectivity index is 0. The third-order valence-electron chi connectivity index (χ3n) is 1.27. The molecule has 0 radical (unpaired) electrons. The van der Waals surface area contributed by atoms with Gasteiger partial charge in [-0.2, -0.15) is 0 Å². The lowest BCUT2D eigenvalue weighted by molar-refractivity contribution is -0.140. The van der Waals surface area contributed by atoms with Gasteiger partial charge in [-0.15, -0.1) is 24.0 Å². The standard InChI is InChI=1S/C7H15NO2.HI/c1-6(8)4-3-5-7(9)10-2;/h6H,3-5,8H2,1-2H3;1H. The number of carbonyl (C=O) groups is 1. The van der Waals surface area contributed by atoms with Gasteiger partial charge in [0.25, 0.3) is 0 Å².